The SMILES string of the molecule is Cc1ccc(CNC(=O)c2c(C)oc3c2CN(Cc2cccc(F)c2)CC3)o1. The molecule has 1 aromatic carbocycles. The highest BCUT2D eigenvalue weighted by molar-refractivity contribution is 5.97. The molecule has 0 saturated heterocycles. The van der Waals surface area contributed by atoms with Crippen molar-refractivity contribution in [2.45, 2.75) is 39.9 Å². The standard InChI is InChI=1S/C22H23FN2O3/c1-14-6-7-18(27-14)11-24-22(26)21-15(2)28-20-8-9-25(13-19(20)21)12-16-4-3-5-17(23)10-16/h3-7,10H,8-9,11-13H2,1-2H3,(H,24,26). The quantitative estimate of drug-likeness (QED) is 0.721. The molecule has 0 bridgehead atoms. The molecule has 3 heterocycles. The Labute approximate surface area is 163 Å². The summed E-state index contributed by atoms with van der Waals surface area (Å²) in [7, 11) is 0. The predicted molar refractivity (Wildman–Crippen MR) is 102 cm³/mol. The number of nitrogens with one attached hydrogen (secondary N) is 1. The third-order valence-corrected chi connectivity index (χ3v) is 5.04. The molecule has 0 spiro atoms. The number of carbonyl (C=O) groups is 1. The average Bonchev–Trinajstić information content (AvgIpc) is 3.21. The number of fused-ring (bicyclic) bond motifs is 1. The molecule has 0 radical (unpaired) electrons. The largest absolute Gasteiger partial charge is 0.465 e. The van der Waals surface area contributed by atoms with E-state index in [0.717, 1.165) is 35.6 Å². The highest BCUT2D eigenvalue weighted by Crippen LogP contribution is 2.29. The Bertz CT molecular complexity index is 1010. The van der Waals surface area contributed by atoms with Crippen LogP contribution in [0.5, 0.6) is 0 Å². The van der Waals surface area contributed by atoms with Crippen molar-refractivity contribution in [3.63, 3.8) is 0 Å². The van der Waals surface area contributed by atoms with Crippen molar-refractivity contribution in [1.82, 2.24) is 10.2 Å². The zero-order chi connectivity index (χ0) is 19.7. The number of amides is 1. The lowest BCUT2D eigenvalue weighted by molar-refractivity contribution is 0.0944. The van der Waals surface area contributed by atoms with Gasteiger partial charge in [0.2, 0.25) is 0 Å². The van der Waals surface area contributed by atoms with Crippen molar-refractivity contribution in [2.24, 2.45) is 0 Å². The molecule has 3 aromatic rings. The van der Waals surface area contributed by atoms with E-state index in [4.69, 9.17) is 8.83 Å². The smallest absolute Gasteiger partial charge is 0.255 e. The van der Waals surface area contributed by atoms with Crippen LogP contribution in [0.1, 0.15) is 44.5 Å². The monoisotopic (exact) mass is 382 g/mol. The van der Waals surface area contributed by atoms with Gasteiger partial charge in [0.15, 0.2) is 0 Å². The van der Waals surface area contributed by atoms with Gasteiger partial charge in [0.25, 0.3) is 5.91 Å². The van der Waals surface area contributed by atoms with Crippen molar-refractivity contribution in [1.29, 1.82) is 0 Å². The molecule has 0 aliphatic carbocycles. The Morgan fingerprint density at radius 2 is 2.07 bits per heavy atom. The zero-order valence-corrected chi connectivity index (χ0v) is 16.0. The summed E-state index contributed by atoms with van der Waals surface area (Å²) in [6, 6.07) is 10.4. The van der Waals surface area contributed by atoms with E-state index >= 15 is 0 Å². The Kier molecular flexibility index (Phi) is 5.05. The summed E-state index contributed by atoms with van der Waals surface area (Å²) in [4.78, 5) is 15.0. The van der Waals surface area contributed by atoms with Gasteiger partial charge in [-0.25, -0.2) is 4.39 Å². The summed E-state index contributed by atoms with van der Waals surface area (Å²) in [5.41, 5.74) is 2.44. The molecule has 0 saturated carbocycles. The highest BCUT2D eigenvalue weighted by atomic mass is 19.1. The number of furan rings is 2. The normalized spacial score (nSPS) is 14.1. The molecule has 146 valence electrons. The van der Waals surface area contributed by atoms with E-state index in [-0.39, 0.29) is 11.7 Å². The Morgan fingerprint density at radius 3 is 2.82 bits per heavy atom. The van der Waals surface area contributed by atoms with E-state index in [1.54, 1.807) is 12.1 Å². The molecular weight excluding hydrogens is 359 g/mol. The maximum atomic E-state index is 13.5. The first-order valence-corrected chi connectivity index (χ1v) is 9.41. The maximum absolute atomic E-state index is 13.5. The van der Waals surface area contributed by atoms with Crippen molar-refractivity contribution in [3.8, 4) is 0 Å². The van der Waals surface area contributed by atoms with Crippen LogP contribution in [-0.4, -0.2) is 17.4 Å². The van der Waals surface area contributed by atoms with Crippen LogP contribution in [0.4, 0.5) is 4.39 Å². The summed E-state index contributed by atoms with van der Waals surface area (Å²) in [6.07, 6.45) is 0.732. The number of carbonyl (C=O) groups excluding carboxylic acids is 1. The van der Waals surface area contributed by atoms with Crippen LogP contribution >= 0.6 is 0 Å². The van der Waals surface area contributed by atoms with E-state index < -0.39 is 0 Å². The molecule has 1 aliphatic heterocycles. The van der Waals surface area contributed by atoms with Crippen LogP contribution in [0, 0.1) is 19.7 Å². The summed E-state index contributed by atoms with van der Waals surface area (Å²) < 4.78 is 24.8. The Hall–Kier alpha value is -2.86. The number of hydrogen-bond acceptors (Lipinski definition) is 4. The van der Waals surface area contributed by atoms with Gasteiger partial charge in [-0.1, -0.05) is 12.1 Å². The lowest BCUT2D eigenvalue weighted by Crippen LogP contribution is -2.31. The number of rotatable bonds is 5. The van der Waals surface area contributed by atoms with Crippen LogP contribution in [-0.2, 0) is 26.1 Å². The van der Waals surface area contributed by atoms with Gasteiger partial charge in [-0.3, -0.25) is 9.69 Å². The summed E-state index contributed by atoms with van der Waals surface area (Å²) in [5.74, 6) is 2.63. The first-order valence-electron chi connectivity index (χ1n) is 9.41. The molecule has 28 heavy (non-hydrogen) atoms. The molecule has 1 aliphatic rings. The molecule has 1 N–H and O–H groups in total. The van der Waals surface area contributed by atoms with Crippen molar-refractivity contribution >= 4 is 5.91 Å². The molecule has 2 aromatic heterocycles. The zero-order valence-electron chi connectivity index (χ0n) is 16.0. The second kappa shape index (κ2) is 7.64. The van der Waals surface area contributed by atoms with E-state index in [9.17, 15) is 9.18 Å². The number of hydrogen-bond donors (Lipinski definition) is 1. The van der Waals surface area contributed by atoms with Gasteiger partial charge in [-0.05, 0) is 43.7 Å². The third-order valence-electron chi connectivity index (χ3n) is 5.04. The van der Waals surface area contributed by atoms with Gasteiger partial charge < -0.3 is 14.2 Å². The Balaban J connectivity index is 1.48. The van der Waals surface area contributed by atoms with E-state index in [1.807, 2.05) is 32.0 Å². The topological polar surface area (TPSA) is 58.6 Å². The summed E-state index contributed by atoms with van der Waals surface area (Å²) in [6.45, 7) is 6.07. The molecule has 1 amide bonds. The van der Waals surface area contributed by atoms with Gasteiger partial charge in [-0.2, -0.15) is 0 Å². The lowest BCUT2D eigenvalue weighted by Gasteiger charge is -2.26. The molecule has 0 atom stereocenters. The third kappa shape index (κ3) is 3.87. The van der Waals surface area contributed by atoms with Gasteiger partial charge >= 0.3 is 0 Å². The van der Waals surface area contributed by atoms with Crippen LogP contribution in [0.2, 0.25) is 0 Å². The minimum Gasteiger partial charge on any atom is -0.465 e. The molecular formula is C22H23FN2O3. The maximum Gasteiger partial charge on any atom is 0.255 e. The summed E-state index contributed by atoms with van der Waals surface area (Å²) >= 11 is 0. The first-order chi connectivity index (χ1) is 13.5. The number of nitrogens with zero attached hydrogens (tertiary/aromatic N) is 1. The number of aryl methyl sites for hydroxylation is 2. The fourth-order valence-corrected chi connectivity index (χ4v) is 3.74. The predicted octanol–water partition coefficient (Wildman–Crippen LogP) is 4.12. The molecule has 0 unspecified atom stereocenters. The van der Waals surface area contributed by atoms with Crippen molar-refractivity contribution in [3.05, 3.63) is 81.9 Å². The lowest BCUT2D eigenvalue weighted by atomic mass is 10.0. The molecule has 0 fully saturated rings. The van der Waals surface area contributed by atoms with Crippen molar-refractivity contribution < 1.29 is 18.0 Å². The molecule has 4 rings (SSSR count). The van der Waals surface area contributed by atoms with Crippen LogP contribution in [0.15, 0.2) is 45.2 Å². The van der Waals surface area contributed by atoms with Crippen molar-refractivity contribution in [2.75, 3.05) is 6.54 Å². The van der Waals surface area contributed by atoms with E-state index in [1.165, 1.54) is 6.07 Å². The Morgan fingerprint density at radius 1 is 1.21 bits per heavy atom. The highest BCUT2D eigenvalue weighted by Gasteiger charge is 2.28. The second-order valence-electron chi connectivity index (χ2n) is 7.22. The van der Waals surface area contributed by atoms with E-state index in [2.05, 4.69) is 10.2 Å². The molecule has 6 heteroatoms. The molecule has 5 nitrogen and oxygen atoms in total. The fraction of sp³-hybridized carbons (Fsp3) is 0.318. The van der Waals surface area contributed by atoms with Gasteiger partial charge in [0, 0.05) is 31.6 Å². The minimum absolute atomic E-state index is 0.163. The first kappa shape index (κ1) is 18.5. The van der Waals surface area contributed by atoms with Crippen LogP contribution < -0.4 is 5.32 Å². The second-order valence-corrected chi connectivity index (χ2v) is 7.22. The van der Waals surface area contributed by atoms with Gasteiger partial charge in [-0.15, -0.1) is 0 Å². The average molecular weight is 382 g/mol. The van der Waals surface area contributed by atoms with Gasteiger partial charge in [0.1, 0.15) is 28.9 Å². The minimum atomic E-state index is -0.234. The van der Waals surface area contributed by atoms with Gasteiger partial charge in [0.05, 0.1) is 12.1 Å². The van der Waals surface area contributed by atoms with Crippen LogP contribution in [0.3, 0.4) is 0 Å². The number of halogens is 1. The van der Waals surface area contributed by atoms with Crippen LogP contribution in [0.25, 0.3) is 0 Å². The summed E-state index contributed by atoms with van der Waals surface area (Å²) in [5, 5.41) is 2.92. The van der Waals surface area contributed by atoms with E-state index in [0.29, 0.717) is 36.7 Å². The fourth-order valence-electron chi connectivity index (χ4n) is 3.74. The number of benzene rings is 1.